The first-order valence-corrected chi connectivity index (χ1v) is 10.3. The molecule has 0 radical (unpaired) electrons. The predicted molar refractivity (Wildman–Crippen MR) is 114 cm³/mol. The van der Waals surface area contributed by atoms with Gasteiger partial charge in [-0.25, -0.2) is 0 Å². The van der Waals surface area contributed by atoms with E-state index in [0.29, 0.717) is 30.4 Å². The maximum atomic E-state index is 12.0. The average molecular weight is 428 g/mol. The molecule has 1 fully saturated rings. The lowest BCUT2D eigenvalue weighted by Crippen LogP contribution is -2.38. The Balaban J connectivity index is 1.38. The Kier molecular flexibility index (Phi) is 8.54. The molecule has 1 saturated heterocycles. The summed E-state index contributed by atoms with van der Waals surface area (Å²) in [5.41, 5.74) is 0.855. The Bertz CT molecular complexity index is 852. The summed E-state index contributed by atoms with van der Waals surface area (Å²) < 4.78 is 22.1. The molecule has 0 spiro atoms. The summed E-state index contributed by atoms with van der Waals surface area (Å²) in [7, 11) is 1.57. The van der Waals surface area contributed by atoms with E-state index in [9.17, 15) is 9.59 Å². The van der Waals surface area contributed by atoms with E-state index in [-0.39, 0.29) is 31.1 Å². The zero-order chi connectivity index (χ0) is 21.9. The summed E-state index contributed by atoms with van der Waals surface area (Å²) in [6, 6.07) is 14.5. The molecule has 0 bridgehead atoms. The van der Waals surface area contributed by atoms with Crippen molar-refractivity contribution in [2.75, 3.05) is 33.5 Å². The van der Waals surface area contributed by atoms with Crippen molar-refractivity contribution in [3.63, 3.8) is 0 Å². The highest BCUT2D eigenvalue weighted by Crippen LogP contribution is 2.29. The minimum atomic E-state index is -0.367. The van der Waals surface area contributed by atoms with E-state index in [1.54, 1.807) is 19.2 Å². The number of nitrogens with one attached hydrogen (secondary N) is 2. The molecule has 1 aliphatic rings. The molecule has 1 unspecified atom stereocenters. The molecular formula is C23H28N2O6. The van der Waals surface area contributed by atoms with Crippen LogP contribution in [0.15, 0.2) is 48.5 Å². The minimum Gasteiger partial charge on any atom is -0.493 e. The van der Waals surface area contributed by atoms with Gasteiger partial charge >= 0.3 is 0 Å². The Hall–Kier alpha value is -3.26. The molecule has 31 heavy (non-hydrogen) atoms. The zero-order valence-corrected chi connectivity index (χ0v) is 17.6. The van der Waals surface area contributed by atoms with E-state index in [1.165, 1.54) is 0 Å². The van der Waals surface area contributed by atoms with Crippen molar-refractivity contribution in [3.05, 3.63) is 54.1 Å². The number of carbonyl (C=O) groups excluding carboxylic acids is 2. The van der Waals surface area contributed by atoms with Crippen LogP contribution in [0.3, 0.4) is 0 Å². The maximum absolute atomic E-state index is 12.0. The van der Waals surface area contributed by atoms with Crippen molar-refractivity contribution < 1.29 is 28.5 Å². The second kappa shape index (κ2) is 11.8. The highest BCUT2D eigenvalue weighted by Gasteiger charge is 2.17. The van der Waals surface area contributed by atoms with Crippen LogP contribution in [0.2, 0.25) is 0 Å². The molecule has 0 aromatic heterocycles. The fourth-order valence-corrected chi connectivity index (χ4v) is 3.06. The third-order valence-electron chi connectivity index (χ3n) is 4.73. The molecule has 8 nitrogen and oxygen atoms in total. The van der Waals surface area contributed by atoms with E-state index in [1.807, 2.05) is 36.4 Å². The number of ether oxygens (including phenoxy) is 4. The summed E-state index contributed by atoms with van der Waals surface area (Å²) >= 11 is 0. The third kappa shape index (κ3) is 7.49. The van der Waals surface area contributed by atoms with Crippen molar-refractivity contribution >= 4 is 11.8 Å². The number of para-hydroxylation sites is 1. The molecule has 8 heteroatoms. The Labute approximate surface area is 181 Å². The molecule has 1 heterocycles. The second-order valence-corrected chi connectivity index (χ2v) is 7.09. The summed E-state index contributed by atoms with van der Waals surface area (Å²) in [5, 5.41) is 5.30. The molecule has 166 valence electrons. The van der Waals surface area contributed by atoms with Gasteiger partial charge in [-0.1, -0.05) is 24.3 Å². The first kappa shape index (κ1) is 22.4. The summed E-state index contributed by atoms with van der Waals surface area (Å²) in [4.78, 5) is 23.8. The number of carbonyl (C=O) groups is 2. The Morgan fingerprint density at radius 1 is 1.03 bits per heavy atom. The van der Waals surface area contributed by atoms with Gasteiger partial charge in [0, 0.05) is 13.2 Å². The SMILES string of the molecule is COc1cc(CNC(=O)CNC(=O)COc2ccccc2)ccc1OCC1CCCO1. The van der Waals surface area contributed by atoms with E-state index < -0.39 is 0 Å². The molecule has 1 atom stereocenters. The van der Waals surface area contributed by atoms with Crippen LogP contribution in [0.4, 0.5) is 0 Å². The molecular weight excluding hydrogens is 400 g/mol. The van der Waals surface area contributed by atoms with Gasteiger partial charge in [0.2, 0.25) is 5.91 Å². The average Bonchev–Trinajstić information content (AvgIpc) is 3.33. The van der Waals surface area contributed by atoms with Gasteiger partial charge in [-0.2, -0.15) is 0 Å². The lowest BCUT2D eigenvalue weighted by Gasteiger charge is -2.15. The molecule has 3 rings (SSSR count). The monoisotopic (exact) mass is 428 g/mol. The van der Waals surface area contributed by atoms with Crippen molar-refractivity contribution in [3.8, 4) is 17.2 Å². The normalized spacial score (nSPS) is 15.2. The third-order valence-corrected chi connectivity index (χ3v) is 4.73. The van der Waals surface area contributed by atoms with Crippen molar-refractivity contribution in [2.24, 2.45) is 0 Å². The maximum Gasteiger partial charge on any atom is 0.258 e. The van der Waals surface area contributed by atoms with Crippen LogP contribution >= 0.6 is 0 Å². The van der Waals surface area contributed by atoms with Crippen molar-refractivity contribution in [2.45, 2.75) is 25.5 Å². The number of hydrogen-bond donors (Lipinski definition) is 2. The molecule has 2 amide bonds. The molecule has 0 aliphatic carbocycles. The molecule has 2 N–H and O–H groups in total. The van der Waals surface area contributed by atoms with Crippen molar-refractivity contribution in [1.29, 1.82) is 0 Å². The van der Waals surface area contributed by atoms with Crippen LogP contribution in [0.1, 0.15) is 18.4 Å². The number of amides is 2. The minimum absolute atomic E-state index is 0.122. The van der Waals surface area contributed by atoms with Gasteiger partial charge in [0.15, 0.2) is 18.1 Å². The lowest BCUT2D eigenvalue weighted by atomic mass is 10.2. The van der Waals surface area contributed by atoms with Crippen LogP contribution in [0.25, 0.3) is 0 Å². The Morgan fingerprint density at radius 2 is 1.87 bits per heavy atom. The Morgan fingerprint density at radius 3 is 2.61 bits per heavy atom. The quantitative estimate of drug-likeness (QED) is 0.569. The van der Waals surface area contributed by atoms with Crippen LogP contribution < -0.4 is 24.8 Å². The van der Waals surface area contributed by atoms with E-state index in [2.05, 4.69) is 10.6 Å². The zero-order valence-electron chi connectivity index (χ0n) is 17.6. The van der Waals surface area contributed by atoms with Gasteiger partial charge in [0.25, 0.3) is 5.91 Å². The fourth-order valence-electron chi connectivity index (χ4n) is 3.06. The number of rotatable bonds is 11. The number of benzene rings is 2. The molecule has 0 saturated carbocycles. The van der Waals surface area contributed by atoms with Gasteiger partial charge < -0.3 is 29.6 Å². The van der Waals surface area contributed by atoms with Gasteiger partial charge in [-0.05, 0) is 42.7 Å². The second-order valence-electron chi connectivity index (χ2n) is 7.09. The molecule has 2 aromatic rings. The smallest absolute Gasteiger partial charge is 0.258 e. The first-order valence-electron chi connectivity index (χ1n) is 10.3. The topological polar surface area (TPSA) is 95.1 Å². The van der Waals surface area contributed by atoms with Crippen LogP contribution in [0.5, 0.6) is 17.2 Å². The standard InChI is InChI=1S/C23H28N2O6/c1-28-21-12-17(9-10-20(21)31-15-19-8-5-11-29-19)13-24-22(26)14-25-23(27)16-30-18-6-3-2-4-7-18/h2-4,6-7,9-10,12,19H,5,8,11,13-16H2,1H3,(H,24,26)(H,25,27). The highest BCUT2D eigenvalue weighted by molar-refractivity contribution is 5.85. The summed E-state index contributed by atoms with van der Waals surface area (Å²) in [6.07, 6.45) is 2.18. The van der Waals surface area contributed by atoms with Gasteiger partial charge in [-0.15, -0.1) is 0 Å². The van der Waals surface area contributed by atoms with E-state index in [4.69, 9.17) is 18.9 Å². The summed E-state index contributed by atoms with van der Waals surface area (Å²) in [6.45, 7) is 1.29. The molecule has 1 aliphatic heterocycles. The van der Waals surface area contributed by atoms with Crippen LogP contribution in [-0.4, -0.2) is 51.4 Å². The van der Waals surface area contributed by atoms with Gasteiger partial charge in [-0.3, -0.25) is 9.59 Å². The van der Waals surface area contributed by atoms with E-state index in [0.717, 1.165) is 25.0 Å². The lowest BCUT2D eigenvalue weighted by molar-refractivity contribution is -0.127. The van der Waals surface area contributed by atoms with Gasteiger partial charge in [0.1, 0.15) is 12.4 Å². The highest BCUT2D eigenvalue weighted by atomic mass is 16.5. The van der Waals surface area contributed by atoms with Crippen LogP contribution in [-0.2, 0) is 20.9 Å². The summed E-state index contributed by atoms with van der Waals surface area (Å²) in [5.74, 6) is 1.16. The fraction of sp³-hybridized carbons (Fsp3) is 0.391. The van der Waals surface area contributed by atoms with Crippen LogP contribution in [0, 0.1) is 0 Å². The number of hydrogen-bond acceptors (Lipinski definition) is 6. The van der Waals surface area contributed by atoms with Crippen molar-refractivity contribution in [1.82, 2.24) is 10.6 Å². The first-order chi connectivity index (χ1) is 15.1. The largest absolute Gasteiger partial charge is 0.493 e. The predicted octanol–water partition coefficient (Wildman–Crippen LogP) is 2.06. The van der Waals surface area contributed by atoms with Gasteiger partial charge in [0.05, 0.1) is 19.8 Å². The molecule has 2 aromatic carbocycles. The number of methoxy groups -OCH3 is 1. The van der Waals surface area contributed by atoms with E-state index >= 15 is 0 Å².